The first-order valence-corrected chi connectivity index (χ1v) is 7.53. The number of carboxylic acids is 1. The summed E-state index contributed by atoms with van der Waals surface area (Å²) < 4.78 is 0. The number of carbonyl (C=O) groups excluding carboxylic acids is 1. The van der Waals surface area contributed by atoms with Crippen molar-refractivity contribution in [1.82, 2.24) is 10.3 Å². The van der Waals surface area contributed by atoms with E-state index in [1.807, 2.05) is 13.8 Å². The van der Waals surface area contributed by atoms with Crippen LogP contribution in [0.2, 0.25) is 0 Å². The molecule has 0 atom stereocenters. The summed E-state index contributed by atoms with van der Waals surface area (Å²) in [6.45, 7) is 4.67. The van der Waals surface area contributed by atoms with Gasteiger partial charge in [-0.05, 0) is 12.8 Å². The quantitative estimate of drug-likeness (QED) is 0.670. The van der Waals surface area contributed by atoms with E-state index in [4.69, 9.17) is 10.8 Å². The van der Waals surface area contributed by atoms with E-state index in [1.165, 1.54) is 16.7 Å². The summed E-state index contributed by atoms with van der Waals surface area (Å²) in [6.07, 6.45) is 1.93. The monoisotopic (exact) mass is 299 g/mol. The van der Waals surface area contributed by atoms with Gasteiger partial charge in [0.15, 0.2) is 5.69 Å². The number of nitrogens with two attached hydrogens (primary N) is 1. The molecule has 0 bridgehead atoms. The second-order valence-corrected chi connectivity index (χ2v) is 5.57. The van der Waals surface area contributed by atoms with E-state index in [2.05, 4.69) is 10.3 Å². The lowest BCUT2D eigenvalue weighted by Crippen LogP contribution is -2.45. The molecule has 0 unspecified atom stereocenters. The van der Waals surface area contributed by atoms with Crippen molar-refractivity contribution in [3.63, 3.8) is 0 Å². The molecule has 0 aliphatic carbocycles. The van der Waals surface area contributed by atoms with Crippen LogP contribution in [0.3, 0.4) is 0 Å². The fraction of sp³-hybridized carbons (Fsp3) is 0.615. The Morgan fingerprint density at radius 3 is 2.55 bits per heavy atom. The summed E-state index contributed by atoms with van der Waals surface area (Å²) >= 11 is 1.29. The Bertz CT molecular complexity index is 461. The van der Waals surface area contributed by atoms with Crippen LogP contribution >= 0.6 is 11.3 Å². The lowest BCUT2D eigenvalue weighted by Gasteiger charge is -2.28. The Balaban J connectivity index is 2.50. The number of aromatic carboxylic acids is 1. The fourth-order valence-corrected chi connectivity index (χ4v) is 2.72. The van der Waals surface area contributed by atoms with Crippen molar-refractivity contribution in [3.05, 3.63) is 16.1 Å². The van der Waals surface area contributed by atoms with Gasteiger partial charge in [-0.25, -0.2) is 9.78 Å². The number of rotatable bonds is 8. The van der Waals surface area contributed by atoms with E-state index < -0.39 is 11.4 Å². The third kappa shape index (κ3) is 3.77. The van der Waals surface area contributed by atoms with Crippen LogP contribution in [0.1, 0.15) is 42.2 Å². The van der Waals surface area contributed by atoms with Gasteiger partial charge in [0, 0.05) is 24.9 Å². The smallest absolute Gasteiger partial charge is 0.355 e. The zero-order valence-electron chi connectivity index (χ0n) is 11.8. The number of carbonyl (C=O) groups is 2. The first-order valence-electron chi connectivity index (χ1n) is 6.65. The lowest BCUT2D eigenvalue weighted by atomic mass is 9.81. The van der Waals surface area contributed by atoms with Gasteiger partial charge in [0.05, 0.1) is 10.4 Å². The summed E-state index contributed by atoms with van der Waals surface area (Å²) in [7, 11) is 0. The molecule has 1 rings (SSSR count). The van der Waals surface area contributed by atoms with Crippen molar-refractivity contribution in [3.8, 4) is 0 Å². The predicted molar refractivity (Wildman–Crippen MR) is 77.9 cm³/mol. The normalized spacial score (nSPS) is 11.3. The molecule has 0 aliphatic rings. The maximum Gasteiger partial charge on any atom is 0.355 e. The maximum absolute atomic E-state index is 12.2. The predicted octanol–water partition coefficient (Wildman–Crippen LogP) is 1.27. The summed E-state index contributed by atoms with van der Waals surface area (Å²) in [5, 5.41) is 13.8. The molecule has 1 aromatic rings. The van der Waals surface area contributed by atoms with Crippen LogP contribution in [0, 0.1) is 5.41 Å². The molecule has 112 valence electrons. The van der Waals surface area contributed by atoms with Crippen molar-refractivity contribution in [2.24, 2.45) is 11.1 Å². The van der Waals surface area contributed by atoms with Crippen molar-refractivity contribution >= 4 is 23.2 Å². The summed E-state index contributed by atoms with van der Waals surface area (Å²) in [5.41, 5.74) is 5.26. The van der Waals surface area contributed by atoms with Crippen LogP contribution < -0.4 is 11.1 Å². The van der Waals surface area contributed by atoms with Crippen LogP contribution in [-0.2, 0) is 11.2 Å². The summed E-state index contributed by atoms with van der Waals surface area (Å²) in [5.74, 6) is -1.07. The molecule has 20 heavy (non-hydrogen) atoms. The molecule has 1 heterocycles. The Morgan fingerprint density at radius 2 is 2.10 bits per heavy atom. The van der Waals surface area contributed by atoms with E-state index in [0.717, 1.165) is 0 Å². The van der Waals surface area contributed by atoms with Crippen LogP contribution in [0.25, 0.3) is 0 Å². The van der Waals surface area contributed by atoms with Crippen LogP contribution in [-0.4, -0.2) is 35.1 Å². The Hall–Kier alpha value is -1.47. The molecule has 1 amide bonds. The Labute approximate surface area is 122 Å². The lowest BCUT2D eigenvalue weighted by molar-refractivity contribution is -0.131. The number of carboxylic acid groups (broad SMARTS) is 1. The zero-order chi connectivity index (χ0) is 15.2. The number of thiazole rings is 1. The number of hydrogen-bond acceptors (Lipinski definition) is 5. The Morgan fingerprint density at radius 1 is 1.45 bits per heavy atom. The molecule has 7 heteroatoms. The van der Waals surface area contributed by atoms with Crippen LogP contribution in [0.5, 0.6) is 0 Å². The van der Waals surface area contributed by atoms with Gasteiger partial charge in [-0.2, -0.15) is 0 Å². The van der Waals surface area contributed by atoms with E-state index >= 15 is 0 Å². The molecule has 0 spiro atoms. The molecule has 0 aliphatic heterocycles. The van der Waals surface area contributed by atoms with Crippen LogP contribution in [0.15, 0.2) is 5.38 Å². The van der Waals surface area contributed by atoms with Crippen molar-refractivity contribution in [2.45, 2.75) is 33.1 Å². The molecule has 4 N–H and O–H groups in total. The van der Waals surface area contributed by atoms with Gasteiger partial charge in [-0.15, -0.1) is 11.3 Å². The minimum atomic E-state index is -1.03. The third-order valence-electron chi connectivity index (χ3n) is 3.62. The number of amides is 1. The second kappa shape index (κ2) is 7.35. The third-order valence-corrected chi connectivity index (χ3v) is 4.53. The topological polar surface area (TPSA) is 105 Å². The largest absolute Gasteiger partial charge is 0.476 e. The second-order valence-electron chi connectivity index (χ2n) is 4.63. The maximum atomic E-state index is 12.2. The van der Waals surface area contributed by atoms with E-state index in [-0.39, 0.29) is 11.6 Å². The minimum absolute atomic E-state index is 0.0417. The Kier molecular flexibility index (Phi) is 6.09. The highest BCUT2D eigenvalue weighted by molar-refractivity contribution is 7.09. The first kappa shape index (κ1) is 16.6. The van der Waals surface area contributed by atoms with Crippen molar-refractivity contribution in [1.29, 1.82) is 0 Å². The highest BCUT2D eigenvalue weighted by Crippen LogP contribution is 2.24. The van der Waals surface area contributed by atoms with Gasteiger partial charge < -0.3 is 16.2 Å². The van der Waals surface area contributed by atoms with Gasteiger partial charge in [0.2, 0.25) is 5.91 Å². The standard InChI is InChI=1S/C13H21N3O3S/c1-3-13(4-2,8-14)12(19)15-6-5-10-16-9(7-20-10)11(17)18/h7H,3-6,8,14H2,1-2H3,(H,15,19)(H,17,18). The van der Waals surface area contributed by atoms with Gasteiger partial charge in [0.1, 0.15) is 0 Å². The van der Waals surface area contributed by atoms with E-state index in [1.54, 1.807) is 0 Å². The van der Waals surface area contributed by atoms with Crippen molar-refractivity contribution in [2.75, 3.05) is 13.1 Å². The van der Waals surface area contributed by atoms with Gasteiger partial charge in [-0.1, -0.05) is 13.8 Å². The molecule has 0 saturated heterocycles. The molecule has 1 aromatic heterocycles. The highest BCUT2D eigenvalue weighted by Gasteiger charge is 2.32. The van der Waals surface area contributed by atoms with E-state index in [0.29, 0.717) is 37.4 Å². The number of aromatic nitrogens is 1. The summed E-state index contributed by atoms with van der Waals surface area (Å²) in [4.78, 5) is 26.8. The fourth-order valence-electron chi connectivity index (χ4n) is 1.95. The van der Waals surface area contributed by atoms with Gasteiger partial charge in [-0.3, -0.25) is 4.79 Å². The van der Waals surface area contributed by atoms with Crippen LogP contribution in [0.4, 0.5) is 0 Å². The van der Waals surface area contributed by atoms with Gasteiger partial charge in [0.25, 0.3) is 0 Å². The molecule has 0 aromatic carbocycles. The molecular formula is C13H21N3O3S. The van der Waals surface area contributed by atoms with E-state index in [9.17, 15) is 9.59 Å². The zero-order valence-corrected chi connectivity index (χ0v) is 12.6. The molecule has 6 nitrogen and oxygen atoms in total. The first-order chi connectivity index (χ1) is 9.49. The average Bonchev–Trinajstić information content (AvgIpc) is 2.90. The van der Waals surface area contributed by atoms with Crippen molar-refractivity contribution < 1.29 is 14.7 Å². The molecule has 0 radical (unpaired) electrons. The molecular weight excluding hydrogens is 278 g/mol. The molecule has 0 saturated carbocycles. The number of nitrogens with zero attached hydrogens (tertiary/aromatic N) is 1. The molecule has 0 fully saturated rings. The highest BCUT2D eigenvalue weighted by atomic mass is 32.1. The summed E-state index contributed by atoms with van der Waals surface area (Å²) in [6, 6.07) is 0. The SMILES string of the molecule is CCC(CC)(CN)C(=O)NCCc1nc(C(=O)O)cs1. The van der Waals surface area contributed by atoms with Gasteiger partial charge >= 0.3 is 5.97 Å². The number of nitrogens with one attached hydrogen (secondary N) is 1. The average molecular weight is 299 g/mol. The minimum Gasteiger partial charge on any atom is -0.476 e. The number of hydrogen-bond donors (Lipinski definition) is 3.